The topological polar surface area (TPSA) is 289 Å². The van der Waals surface area contributed by atoms with E-state index in [1.165, 1.54) is 23.4 Å². The number of piperazine rings is 1. The van der Waals surface area contributed by atoms with Crippen molar-refractivity contribution in [1.29, 1.82) is 5.26 Å². The van der Waals surface area contributed by atoms with Crippen LogP contribution in [-0.4, -0.2) is 253 Å². The summed E-state index contributed by atoms with van der Waals surface area (Å²) in [5.74, 6) is -5.96. The molecule has 3 aliphatic rings. The van der Waals surface area contributed by atoms with E-state index in [1.807, 2.05) is 28.7 Å². The van der Waals surface area contributed by atoms with E-state index in [9.17, 15) is 57.8 Å². The molecule has 6 N–H and O–H groups in total. The van der Waals surface area contributed by atoms with Crippen LogP contribution in [0.2, 0.25) is 0 Å². The SMILES string of the molecule is Cc1ccc(CCCC(=O)NCCCCC(N/N=C/CCCCCC(=O)N2CCN(CCCCOc3ccc4nccc(C(=O)NCC(=O)N5CC(F)(F)C[C@@H]5C#N)c4c3)CC2)NC(=O)CN2CCN(C)CCN(CC(=O)O)CCN(CC(=O)O)CC2)cc1. The highest BCUT2D eigenvalue weighted by Gasteiger charge is 2.47. The van der Waals surface area contributed by atoms with Gasteiger partial charge in [-0.2, -0.15) is 10.4 Å². The Morgan fingerprint density at radius 3 is 2.11 bits per heavy atom. The van der Waals surface area contributed by atoms with Crippen LogP contribution in [-0.2, 0) is 35.2 Å². The van der Waals surface area contributed by atoms with Gasteiger partial charge in [-0.15, -0.1) is 0 Å². The molecule has 24 nitrogen and oxygen atoms in total. The molecule has 0 radical (unpaired) electrons. The maximum Gasteiger partial charge on any atom is 0.317 e. The number of pyridine rings is 1. The van der Waals surface area contributed by atoms with Gasteiger partial charge >= 0.3 is 11.9 Å². The Labute approximate surface area is 521 Å². The zero-order valence-corrected chi connectivity index (χ0v) is 51.9. The largest absolute Gasteiger partial charge is 0.494 e. The molecule has 3 aromatic rings. The third-order valence-corrected chi connectivity index (χ3v) is 16.2. The third-order valence-electron chi connectivity index (χ3n) is 16.2. The van der Waals surface area contributed by atoms with Crippen LogP contribution in [0.1, 0.15) is 105 Å². The molecule has 6 rings (SSSR count). The molecule has 3 fully saturated rings. The molecule has 2 atom stereocenters. The standard InChI is InChI=1S/C63H92F2N14O10/c1-48-16-18-49(19-17-48)12-11-14-56(80)68-23-8-6-13-55(71-57(81)44-75-29-27-73(2)28-30-76(45-60(84)85)33-34-77(32-31-75)46-61(86)87)72-70-24-7-4-3-5-15-58(82)78-37-35-74(36-38-78)26-9-10-39-89-51-20-21-54-53(40-51)52(22-25-67-54)62(88)69-43-59(83)79-47-63(64,65)41-50(79)42-66/h16-22,24-25,40,50,55,72H,3-15,23,26-39,41,43-47H2,1-2H3,(H,68,80)(H,69,88)(H,71,81)(H,84,85)(H,86,87)/b70-24+/t50-,55?/m1/s1. The van der Waals surface area contributed by atoms with E-state index in [-0.39, 0.29) is 42.9 Å². The molecule has 488 valence electrons. The molecule has 2 aromatic carbocycles. The number of nitriles is 1. The molecule has 0 saturated carbocycles. The number of nitrogens with one attached hydrogen (secondary N) is 4. The summed E-state index contributed by atoms with van der Waals surface area (Å²) in [5.41, 5.74) is 6.32. The van der Waals surface area contributed by atoms with Crippen molar-refractivity contribution in [3.63, 3.8) is 0 Å². The van der Waals surface area contributed by atoms with Gasteiger partial charge in [-0.05, 0) is 115 Å². The van der Waals surface area contributed by atoms with E-state index >= 15 is 0 Å². The molecule has 1 aromatic heterocycles. The number of hydrogen-bond donors (Lipinski definition) is 6. The van der Waals surface area contributed by atoms with E-state index in [0.717, 1.165) is 69.5 Å². The van der Waals surface area contributed by atoms with Gasteiger partial charge in [0, 0.05) is 122 Å². The summed E-state index contributed by atoms with van der Waals surface area (Å²) in [6.45, 7) is 8.92. The van der Waals surface area contributed by atoms with Crippen LogP contribution in [0.5, 0.6) is 5.75 Å². The highest BCUT2D eigenvalue weighted by atomic mass is 19.3. The average molecular weight is 1240 g/mol. The third kappa shape index (κ3) is 26.3. The molecule has 0 bridgehead atoms. The maximum absolute atomic E-state index is 13.9. The molecule has 3 saturated heterocycles. The Balaban J connectivity index is 0.873. The highest BCUT2D eigenvalue weighted by molar-refractivity contribution is 6.07. The van der Waals surface area contributed by atoms with Gasteiger partial charge in [0.25, 0.3) is 11.8 Å². The lowest BCUT2D eigenvalue weighted by Crippen LogP contribution is -2.51. The zero-order chi connectivity index (χ0) is 64.0. The number of carbonyl (C=O) groups excluding carboxylic acids is 5. The van der Waals surface area contributed by atoms with Gasteiger partial charge in [0.1, 0.15) is 18.0 Å². The molecule has 0 spiro atoms. The summed E-state index contributed by atoms with van der Waals surface area (Å²) in [6.07, 6.45) is 11.2. The number of likely N-dealkylation sites (N-methyl/N-ethyl adjacent to an activating group) is 1. The highest BCUT2D eigenvalue weighted by Crippen LogP contribution is 2.32. The fourth-order valence-electron chi connectivity index (χ4n) is 11.0. The van der Waals surface area contributed by atoms with Gasteiger partial charge in [0.15, 0.2) is 0 Å². The molecule has 1 unspecified atom stereocenters. The number of rotatable bonds is 33. The second-order valence-corrected chi connectivity index (χ2v) is 23.5. The number of hydrazone groups is 1. The fraction of sp³-hybridized carbons (Fsp3) is 0.619. The Hall–Kier alpha value is -7.44. The van der Waals surface area contributed by atoms with Crippen LogP contribution < -0.4 is 26.1 Å². The lowest BCUT2D eigenvalue weighted by atomic mass is 10.1. The molecule has 89 heavy (non-hydrogen) atoms. The molecule has 26 heteroatoms. The number of aryl methyl sites for hydroxylation is 2. The van der Waals surface area contributed by atoms with Gasteiger partial charge in [-0.3, -0.25) is 63.6 Å². The van der Waals surface area contributed by atoms with Crippen molar-refractivity contribution in [1.82, 2.24) is 60.7 Å². The van der Waals surface area contributed by atoms with Crippen molar-refractivity contribution < 1.29 is 57.3 Å². The van der Waals surface area contributed by atoms with Crippen LogP contribution in [0, 0.1) is 18.3 Å². The summed E-state index contributed by atoms with van der Waals surface area (Å²) >= 11 is 0. The molecule has 3 aliphatic heterocycles. The van der Waals surface area contributed by atoms with Gasteiger partial charge in [0.05, 0.1) is 56.5 Å². The molecule has 4 heterocycles. The van der Waals surface area contributed by atoms with E-state index in [1.54, 1.807) is 35.4 Å². The number of nitrogens with zero attached hydrogens (tertiary/aromatic N) is 10. The van der Waals surface area contributed by atoms with Crippen LogP contribution in [0.4, 0.5) is 8.78 Å². The first-order valence-corrected chi connectivity index (χ1v) is 31.4. The van der Waals surface area contributed by atoms with Crippen molar-refractivity contribution >= 4 is 58.6 Å². The number of alkyl halides is 2. The minimum Gasteiger partial charge on any atom is -0.494 e. The first-order valence-electron chi connectivity index (χ1n) is 31.4. The summed E-state index contributed by atoms with van der Waals surface area (Å²) in [6, 6.07) is 15.5. The molecule has 5 amide bonds. The first kappa shape index (κ1) is 70.6. The number of carbonyl (C=O) groups is 7. The summed E-state index contributed by atoms with van der Waals surface area (Å²) in [4.78, 5) is 106. The number of carboxylic acids is 2. The van der Waals surface area contributed by atoms with Gasteiger partial charge in [-0.25, -0.2) is 8.78 Å². The smallest absolute Gasteiger partial charge is 0.317 e. The quantitative estimate of drug-likeness (QED) is 0.0220. The van der Waals surface area contributed by atoms with E-state index in [2.05, 4.69) is 65.5 Å². The minimum atomic E-state index is -3.16. The van der Waals surface area contributed by atoms with E-state index in [4.69, 9.17) is 4.74 Å². The molecule has 0 aliphatic carbocycles. The number of unbranched alkanes of at least 4 members (excludes halogenated alkanes) is 5. The maximum atomic E-state index is 13.9. The van der Waals surface area contributed by atoms with Crippen LogP contribution in [0.25, 0.3) is 10.9 Å². The number of halogens is 2. The number of ether oxygens (including phenoxy) is 1. The second kappa shape index (κ2) is 37.5. The van der Waals surface area contributed by atoms with Crippen molar-refractivity contribution in [2.45, 2.75) is 115 Å². The predicted molar refractivity (Wildman–Crippen MR) is 332 cm³/mol. The first-order chi connectivity index (χ1) is 42.8. The Morgan fingerprint density at radius 2 is 1.43 bits per heavy atom. The van der Waals surface area contributed by atoms with Crippen LogP contribution in [0.3, 0.4) is 0 Å². The zero-order valence-electron chi connectivity index (χ0n) is 51.9. The number of benzene rings is 2. The molecular weight excluding hydrogens is 1150 g/mol. The predicted octanol–water partition coefficient (Wildman–Crippen LogP) is 3.63. The average Bonchev–Trinajstić information content (AvgIpc) is 3.03. The summed E-state index contributed by atoms with van der Waals surface area (Å²) in [5, 5.41) is 42.0. The van der Waals surface area contributed by atoms with Gasteiger partial charge < -0.3 is 45.6 Å². The number of aliphatic carboxylic acids is 2. The number of carboxylic acid groups (broad SMARTS) is 2. The monoisotopic (exact) mass is 1240 g/mol. The van der Waals surface area contributed by atoms with Crippen molar-refractivity contribution in [2.24, 2.45) is 5.10 Å². The summed E-state index contributed by atoms with van der Waals surface area (Å²) in [7, 11) is 1.96. The number of fused-ring (bicyclic) bond motifs is 1. The number of likely N-dealkylation sites (tertiary alicyclic amines) is 1. The normalized spacial score (nSPS) is 17.9. The second-order valence-electron chi connectivity index (χ2n) is 23.5. The van der Waals surface area contributed by atoms with Gasteiger partial charge in [-0.1, -0.05) is 36.2 Å². The Bertz CT molecular complexity index is 2840. The van der Waals surface area contributed by atoms with Crippen molar-refractivity contribution in [3.8, 4) is 11.8 Å². The van der Waals surface area contributed by atoms with Crippen molar-refractivity contribution in [3.05, 3.63) is 71.4 Å². The number of aromatic nitrogens is 1. The summed E-state index contributed by atoms with van der Waals surface area (Å²) < 4.78 is 33.8. The fourth-order valence-corrected chi connectivity index (χ4v) is 11.0. The van der Waals surface area contributed by atoms with Crippen LogP contribution in [0.15, 0.2) is 59.8 Å². The van der Waals surface area contributed by atoms with Gasteiger partial charge in [0.2, 0.25) is 23.6 Å². The van der Waals surface area contributed by atoms with Crippen LogP contribution >= 0.6 is 0 Å². The minimum absolute atomic E-state index is 0.00893. The Kier molecular flexibility index (Phi) is 29.8. The number of hydrogen-bond acceptors (Lipinski definition) is 17. The lowest BCUT2D eigenvalue weighted by molar-refractivity contribution is -0.140. The van der Waals surface area contributed by atoms with Crippen molar-refractivity contribution in [2.75, 3.05) is 138 Å². The number of amides is 5. The molecular formula is C63H92F2N14O10. The van der Waals surface area contributed by atoms with E-state index < -0.39 is 61.4 Å². The lowest BCUT2D eigenvalue weighted by Gasteiger charge is -2.34. The Morgan fingerprint density at radius 1 is 0.753 bits per heavy atom. The van der Waals surface area contributed by atoms with E-state index in [0.29, 0.717) is 134 Å².